The van der Waals surface area contributed by atoms with Crippen LogP contribution in [-0.2, 0) is 0 Å². The maximum atomic E-state index is 13.4. The fraction of sp³-hybridized carbons (Fsp3) is 0.188. The van der Waals surface area contributed by atoms with Crippen LogP contribution >= 0.6 is 11.6 Å². The highest BCUT2D eigenvalue weighted by molar-refractivity contribution is 6.33. The third-order valence-corrected chi connectivity index (χ3v) is 4.05. The normalized spacial score (nSPS) is 11.9. The van der Waals surface area contributed by atoms with Crippen LogP contribution in [0.5, 0.6) is 0 Å². The third kappa shape index (κ3) is 3.51. The third-order valence-electron chi connectivity index (χ3n) is 3.72. The fourth-order valence-corrected chi connectivity index (χ4v) is 2.35. The number of hydrogen-bond acceptors (Lipinski definition) is 3. The van der Waals surface area contributed by atoms with Crippen LogP contribution in [0.2, 0.25) is 5.02 Å². The lowest BCUT2D eigenvalue weighted by atomic mass is 10.1. The average molecular weight is 355 g/mol. The number of nitro groups is 1. The highest BCUT2D eigenvalue weighted by atomic mass is 35.5. The molecule has 0 aliphatic rings. The van der Waals surface area contributed by atoms with E-state index in [0.717, 1.165) is 18.2 Å². The molecule has 0 N–H and O–H groups in total. The molecule has 2 rings (SSSR count). The van der Waals surface area contributed by atoms with E-state index in [1.54, 1.807) is 6.92 Å². The van der Waals surface area contributed by atoms with Crippen LogP contribution in [0.4, 0.5) is 14.5 Å². The Kier molecular flexibility index (Phi) is 5.14. The molecular formula is C16H13ClF2N2O3. The highest BCUT2D eigenvalue weighted by Crippen LogP contribution is 2.27. The summed E-state index contributed by atoms with van der Waals surface area (Å²) in [7, 11) is 1.45. The van der Waals surface area contributed by atoms with E-state index >= 15 is 0 Å². The van der Waals surface area contributed by atoms with Gasteiger partial charge in [0.05, 0.1) is 21.6 Å². The zero-order chi connectivity index (χ0) is 18.0. The molecule has 0 heterocycles. The summed E-state index contributed by atoms with van der Waals surface area (Å²) in [6.45, 7) is 1.62. The van der Waals surface area contributed by atoms with Gasteiger partial charge in [0.15, 0.2) is 11.6 Å². The number of amides is 1. The predicted octanol–water partition coefficient (Wildman–Crippen LogP) is 4.36. The molecule has 5 nitrogen and oxygen atoms in total. The Balaban J connectivity index is 2.33. The average Bonchev–Trinajstić information content (AvgIpc) is 2.55. The van der Waals surface area contributed by atoms with Gasteiger partial charge in [0.25, 0.3) is 11.6 Å². The first-order chi connectivity index (χ1) is 11.2. The van der Waals surface area contributed by atoms with Gasteiger partial charge in [0, 0.05) is 19.2 Å². The van der Waals surface area contributed by atoms with Crippen molar-refractivity contribution in [3.63, 3.8) is 0 Å². The van der Waals surface area contributed by atoms with Crippen molar-refractivity contribution >= 4 is 23.2 Å². The van der Waals surface area contributed by atoms with Crippen LogP contribution in [-0.4, -0.2) is 22.8 Å². The first kappa shape index (κ1) is 17.8. The van der Waals surface area contributed by atoms with E-state index in [1.807, 2.05) is 0 Å². The Labute approximate surface area is 141 Å². The first-order valence-corrected chi connectivity index (χ1v) is 7.26. The Morgan fingerprint density at radius 1 is 1.21 bits per heavy atom. The summed E-state index contributed by atoms with van der Waals surface area (Å²) in [5.41, 5.74) is 0.0748. The van der Waals surface area contributed by atoms with Crippen LogP contribution in [0, 0.1) is 21.7 Å². The van der Waals surface area contributed by atoms with E-state index in [1.165, 1.54) is 30.1 Å². The Morgan fingerprint density at radius 3 is 2.46 bits per heavy atom. The number of carbonyl (C=O) groups excluding carboxylic acids is 1. The second-order valence-corrected chi connectivity index (χ2v) is 5.59. The van der Waals surface area contributed by atoms with Gasteiger partial charge >= 0.3 is 0 Å². The molecule has 8 heteroatoms. The molecular weight excluding hydrogens is 342 g/mol. The van der Waals surface area contributed by atoms with Crippen molar-refractivity contribution in [1.29, 1.82) is 0 Å². The van der Waals surface area contributed by atoms with Crippen molar-refractivity contribution in [3.8, 4) is 0 Å². The van der Waals surface area contributed by atoms with E-state index in [4.69, 9.17) is 11.6 Å². The molecule has 0 saturated heterocycles. The van der Waals surface area contributed by atoms with Gasteiger partial charge in [-0.25, -0.2) is 8.78 Å². The second-order valence-electron chi connectivity index (χ2n) is 5.19. The Bertz CT molecular complexity index is 814. The quantitative estimate of drug-likeness (QED) is 0.605. The minimum Gasteiger partial charge on any atom is -0.335 e. The second kappa shape index (κ2) is 6.92. The number of rotatable bonds is 4. The fourth-order valence-electron chi connectivity index (χ4n) is 2.15. The summed E-state index contributed by atoms with van der Waals surface area (Å²) in [6.07, 6.45) is 0. The molecule has 1 unspecified atom stereocenters. The minimum atomic E-state index is -1.02. The van der Waals surface area contributed by atoms with E-state index in [9.17, 15) is 23.7 Å². The summed E-state index contributed by atoms with van der Waals surface area (Å²) in [4.78, 5) is 24.0. The molecule has 0 radical (unpaired) electrons. The number of carbonyl (C=O) groups is 1. The molecule has 126 valence electrons. The Morgan fingerprint density at radius 2 is 1.88 bits per heavy atom. The lowest BCUT2D eigenvalue weighted by molar-refractivity contribution is -0.384. The van der Waals surface area contributed by atoms with Gasteiger partial charge in [0.2, 0.25) is 0 Å². The molecule has 0 aromatic heterocycles. The summed E-state index contributed by atoms with van der Waals surface area (Å²) in [6, 6.07) is 6.28. The predicted molar refractivity (Wildman–Crippen MR) is 85.0 cm³/mol. The molecule has 24 heavy (non-hydrogen) atoms. The summed E-state index contributed by atoms with van der Waals surface area (Å²) >= 11 is 5.96. The summed E-state index contributed by atoms with van der Waals surface area (Å²) < 4.78 is 26.4. The summed E-state index contributed by atoms with van der Waals surface area (Å²) in [5, 5.41) is 10.9. The molecule has 0 saturated carbocycles. The smallest absolute Gasteiger partial charge is 0.270 e. The van der Waals surface area contributed by atoms with Gasteiger partial charge in [-0.1, -0.05) is 17.7 Å². The van der Waals surface area contributed by atoms with Crippen molar-refractivity contribution in [2.75, 3.05) is 7.05 Å². The van der Waals surface area contributed by atoms with Crippen molar-refractivity contribution in [3.05, 3.63) is 74.3 Å². The molecule has 1 amide bonds. The molecule has 0 aliphatic carbocycles. The van der Waals surface area contributed by atoms with Gasteiger partial charge in [-0.15, -0.1) is 0 Å². The topological polar surface area (TPSA) is 63.5 Å². The molecule has 2 aromatic rings. The van der Waals surface area contributed by atoms with E-state index in [2.05, 4.69) is 0 Å². The monoisotopic (exact) mass is 354 g/mol. The van der Waals surface area contributed by atoms with Gasteiger partial charge in [-0.3, -0.25) is 14.9 Å². The maximum absolute atomic E-state index is 13.4. The van der Waals surface area contributed by atoms with Crippen LogP contribution in [0.3, 0.4) is 0 Å². The van der Waals surface area contributed by atoms with Crippen LogP contribution in [0.15, 0.2) is 36.4 Å². The first-order valence-electron chi connectivity index (χ1n) is 6.88. The summed E-state index contributed by atoms with van der Waals surface area (Å²) in [5.74, 6) is -2.57. The van der Waals surface area contributed by atoms with Crippen LogP contribution in [0.25, 0.3) is 0 Å². The standard InChI is InChI=1S/C16H13ClF2N2O3/c1-9(10-3-6-14(18)15(19)7-10)20(2)16(22)12-8-11(21(23)24)4-5-13(12)17/h3-9H,1-2H3. The van der Waals surface area contributed by atoms with E-state index in [0.29, 0.717) is 5.56 Å². The van der Waals surface area contributed by atoms with Gasteiger partial charge < -0.3 is 4.90 Å². The SMILES string of the molecule is CC(c1ccc(F)c(F)c1)N(C)C(=O)c1cc([N+](=O)[O-])ccc1Cl. The lowest BCUT2D eigenvalue weighted by Gasteiger charge is -2.26. The van der Waals surface area contributed by atoms with Crippen molar-refractivity contribution in [2.45, 2.75) is 13.0 Å². The van der Waals surface area contributed by atoms with Crippen LogP contribution in [0.1, 0.15) is 28.9 Å². The molecule has 0 aliphatic heterocycles. The number of nitrogens with zero attached hydrogens (tertiary/aromatic N) is 2. The highest BCUT2D eigenvalue weighted by Gasteiger charge is 2.23. The van der Waals surface area contributed by atoms with Crippen molar-refractivity contribution in [1.82, 2.24) is 4.90 Å². The van der Waals surface area contributed by atoms with E-state index < -0.39 is 28.5 Å². The lowest BCUT2D eigenvalue weighted by Crippen LogP contribution is -2.30. The van der Waals surface area contributed by atoms with Gasteiger partial charge in [0.1, 0.15) is 0 Å². The van der Waals surface area contributed by atoms with Gasteiger partial charge in [-0.05, 0) is 30.7 Å². The van der Waals surface area contributed by atoms with Crippen molar-refractivity contribution in [2.24, 2.45) is 0 Å². The minimum absolute atomic E-state index is 0.0391. The largest absolute Gasteiger partial charge is 0.335 e. The van der Waals surface area contributed by atoms with Gasteiger partial charge in [-0.2, -0.15) is 0 Å². The zero-order valence-corrected chi connectivity index (χ0v) is 13.6. The molecule has 1 atom stereocenters. The maximum Gasteiger partial charge on any atom is 0.270 e. The number of benzene rings is 2. The number of non-ortho nitro benzene ring substituents is 1. The molecule has 0 spiro atoms. The number of halogens is 3. The number of hydrogen-bond donors (Lipinski definition) is 0. The molecule has 0 fully saturated rings. The zero-order valence-electron chi connectivity index (χ0n) is 12.8. The Hall–Kier alpha value is -2.54. The van der Waals surface area contributed by atoms with Crippen molar-refractivity contribution < 1.29 is 18.5 Å². The molecule has 2 aromatic carbocycles. The molecule has 0 bridgehead atoms. The van der Waals surface area contributed by atoms with E-state index in [-0.39, 0.29) is 16.3 Å². The van der Waals surface area contributed by atoms with Crippen LogP contribution < -0.4 is 0 Å². The number of nitro benzene ring substituents is 1.